The zero-order valence-corrected chi connectivity index (χ0v) is 65.6. The maximum atomic E-state index is 14.9. The Bertz CT molecular complexity index is 3690. The molecule has 1 fully saturated rings. The van der Waals surface area contributed by atoms with Crippen LogP contribution < -0.4 is 115 Å². The molecule has 0 unspecified atom stereocenters. The van der Waals surface area contributed by atoms with E-state index < -0.39 is 186 Å². The summed E-state index contributed by atoms with van der Waals surface area (Å²) >= 11 is 0.811. The van der Waals surface area contributed by atoms with Crippen molar-refractivity contribution in [2.45, 2.75) is 190 Å². The monoisotopic (exact) mass is 1600 g/mol. The molecule has 29 N–H and O–H groups in total. The van der Waals surface area contributed by atoms with E-state index in [9.17, 15) is 72.2 Å². The van der Waals surface area contributed by atoms with E-state index in [1.54, 1.807) is 112 Å². The Morgan fingerprint density at radius 2 is 1.04 bits per heavy atom. The molecule has 113 heavy (non-hydrogen) atoms. The van der Waals surface area contributed by atoms with Crippen molar-refractivity contribution in [3.05, 3.63) is 108 Å². The van der Waals surface area contributed by atoms with Gasteiger partial charge < -0.3 is 119 Å². The highest BCUT2D eigenvalue weighted by atomic mass is 32.2. The third-order valence-corrected chi connectivity index (χ3v) is 19.2. The van der Waals surface area contributed by atoms with Crippen molar-refractivity contribution >= 4 is 107 Å². The fraction of sp³-hybridized carbons (Fsp3) is 0.541. The Balaban J connectivity index is 1.91. The van der Waals surface area contributed by atoms with Crippen LogP contribution in [0.25, 0.3) is 0 Å². The van der Waals surface area contributed by atoms with Crippen LogP contribution in [0.4, 0.5) is 0 Å². The largest absolute Gasteiger partial charge is 0.481 e. The Morgan fingerprint density at radius 3 is 1.53 bits per heavy atom. The number of nitrogens with zero attached hydrogens (tertiary/aromatic N) is 2. The molecule has 622 valence electrons. The summed E-state index contributed by atoms with van der Waals surface area (Å²) in [5.74, 6) is -14.7. The van der Waals surface area contributed by atoms with Crippen LogP contribution in [0.5, 0.6) is 0 Å². The molecule has 0 saturated carbocycles. The molecular formula is C74H115N23O15S. The molecule has 39 heteroatoms. The number of benzene rings is 3. The van der Waals surface area contributed by atoms with Gasteiger partial charge in [-0.3, -0.25) is 77.6 Å². The van der Waals surface area contributed by atoms with E-state index >= 15 is 0 Å². The smallest absolute Gasteiger partial charge is 0.305 e. The number of amides is 12. The quantitative estimate of drug-likeness (QED) is 0.0106. The van der Waals surface area contributed by atoms with Crippen molar-refractivity contribution in [3.63, 3.8) is 0 Å². The molecule has 0 radical (unpaired) electrons. The Morgan fingerprint density at radius 1 is 0.575 bits per heavy atom. The van der Waals surface area contributed by atoms with Crippen LogP contribution in [0.3, 0.4) is 0 Å². The number of nitrogens with two attached hydrogens (primary N) is 7. The van der Waals surface area contributed by atoms with E-state index in [1.165, 1.54) is 13.8 Å². The predicted molar refractivity (Wildman–Crippen MR) is 425 cm³/mol. The molecule has 3 aromatic carbocycles. The highest BCUT2D eigenvalue weighted by Crippen LogP contribution is 2.16. The van der Waals surface area contributed by atoms with E-state index in [2.05, 4.69) is 84.4 Å². The van der Waals surface area contributed by atoms with Gasteiger partial charge in [-0.25, -0.2) is 0 Å². The first-order chi connectivity index (χ1) is 53.6. The molecule has 0 spiro atoms. The minimum atomic E-state index is -1.78. The number of nitrogens with one attached hydrogen (secondary N) is 14. The summed E-state index contributed by atoms with van der Waals surface area (Å²) in [4.78, 5) is 206. The maximum Gasteiger partial charge on any atom is 0.305 e. The van der Waals surface area contributed by atoms with Gasteiger partial charge in [0.1, 0.15) is 66.4 Å². The van der Waals surface area contributed by atoms with Gasteiger partial charge in [-0.05, 0) is 87.4 Å². The second-order valence-corrected chi connectivity index (χ2v) is 29.2. The molecule has 3 aromatic rings. The Kier molecular flexibility index (Phi) is 41.4. The lowest BCUT2D eigenvalue weighted by Gasteiger charge is -2.33. The van der Waals surface area contributed by atoms with Crippen molar-refractivity contribution < 1.29 is 72.2 Å². The number of carbonyl (C=O) groups excluding carboxylic acids is 13. The average molecular weight is 1600 g/mol. The van der Waals surface area contributed by atoms with E-state index in [0.717, 1.165) is 11.8 Å². The fourth-order valence-corrected chi connectivity index (χ4v) is 12.6. The standard InChI is InChI=1S/C74H115N23O15S/c1-7-43(4)60-70(112)89-48(26-17-29-82-71(76)77)36-85-51(35-58(101)102)65(107)91-50(28-19-31-84-73(80)81)64(106)96-59(42(2)3)69(111)94-53(33-46-22-13-9-14-23-46)67(109)92-49(27-18-30-83-72(78)79)63(105)95-55(62(104)86-37-56(75)99)38-113-39-57(100)90-52(32-45-20-11-8-12-21-45)66(108)88-44(5)61(103)93-54(34-47-24-15-10-16-25-47)68(110)97-74(6,41-98)40-87-60/h8-16,20-25,41-44,48-55,59-60,71,82,85,87H,7,17-19,26-40,76-77H2,1-6H3,(H2,75,99)(H,86,104)(H,88,108)(H,89,112)(H,90,100)(H,91,107)(H,92,109)(H,93,103)(H,94,111)(H,95,105)(H,96,106)(H,97,110)(H,101,102)(H4,78,79,83)(H4,80,81,84)/t43-,44-,48-,49-,50-,51-,52-,53-,54-,55-,59-,60-,74+/m0/s1. The normalized spacial score (nSPS) is 24.1. The first kappa shape index (κ1) is 94.5. The number of hydrogen-bond acceptors (Lipinski definition) is 22. The van der Waals surface area contributed by atoms with Crippen molar-refractivity contribution in [1.29, 1.82) is 0 Å². The van der Waals surface area contributed by atoms with Gasteiger partial charge in [0.25, 0.3) is 0 Å². The minimum Gasteiger partial charge on any atom is -0.481 e. The van der Waals surface area contributed by atoms with Crippen LogP contribution in [-0.2, 0) is 86.4 Å². The number of carbonyl (C=O) groups is 14. The van der Waals surface area contributed by atoms with Gasteiger partial charge in [-0.2, -0.15) is 0 Å². The lowest BCUT2D eigenvalue weighted by molar-refractivity contribution is -0.140. The number of hydrogen-bond donors (Lipinski definition) is 22. The number of aldehydes is 1. The molecule has 1 aliphatic heterocycles. The lowest BCUT2D eigenvalue weighted by Crippen LogP contribution is -2.63. The molecule has 0 aromatic heterocycles. The van der Waals surface area contributed by atoms with E-state index in [-0.39, 0.29) is 102 Å². The summed E-state index contributed by atoms with van der Waals surface area (Å²) in [6.45, 7) is 8.30. The summed E-state index contributed by atoms with van der Waals surface area (Å²) in [5.41, 5.74) is 39.3. The summed E-state index contributed by atoms with van der Waals surface area (Å²) in [6.07, 6.45) is -1.21. The van der Waals surface area contributed by atoms with Crippen molar-refractivity contribution in [2.75, 3.05) is 50.8 Å². The highest BCUT2D eigenvalue weighted by molar-refractivity contribution is 8.00. The Hall–Kier alpha value is -10.9. The molecule has 1 aliphatic rings. The molecule has 38 nitrogen and oxygen atoms in total. The molecule has 13 atom stereocenters. The van der Waals surface area contributed by atoms with E-state index in [0.29, 0.717) is 35.8 Å². The zero-order valence-electron chi connectivity index (χ0n) is 64.8. The van der Waals surface area contributed by atoms with Gasteiger partial charge in [0.15, 0.2) is 11.9 Å². The molecule has 4 rings (SSSR count). The second kappa shape index (κ2) is 49.5. The van der Waals surface area contributed by atoms with Crippen molar-refractivity contribution in [1.82, 2.24) is 74.4 Å². The summed E-state index contributed by atoms with van der Waals surface area (Å²) in [5, 5.41) is 48.6. The van der Waals surface area contributed by atoms with Gasteiger partial charge in [0, 0.05) is 57.2 Å². The minimum absolute atomic E-state index is 0.0336. The van der Waals surface area contributed by atoms with Gasteiger partial charge in [0.05, 0.1) is 30.8 Å². The van der Waals surface area contributed by atoms with Crippen LogP contribution >= 0.6 is 11.8 Å². The van der Waals surface area contributed by atoms with Crippen LogP contribution in [0.15, 0.2) is 101 Å². The zero-order chi connectivity index (χ0) is 83.7. The van der Waals surface area contributed by atoms with Crippen molar-refractivity contribution in [2.24, 2.45) is 62.0 Å². The SMILES string of the molecule is CC[C@H](C)[C@@H]1NC[C@](C)(C=O)NC(=O)[C@H](Cc2ccccc2)NC(=O)[C@H](C)NC(=O)[C@H](Cc2ccccc2)NC(=O)CSC[C@@H](C(=O)NCC(N)=O)NC(=O)[C@H](CCCN=C(N)N)NC(=O)[C@H](Cc2ccccc2)NC(=O)[C@H](C(C)C)NC(=O)[C@H](CCCN=C(N)N)NC(=O)[C@H](CC(=O)O)NC[C@H](CCCNC(N)N)NC1=O. The topological polar surface area (TPSA) is 634 Å². The van der Waals surface area contributed by atoms with E-state index in [4.69, 9.17) is 40.1 Å². The third-order valence-electron chi connectivity index (χ3n) is 18.1. The molecule has 0 bridgehead atoms. The van der Waals surface area contributed by atoms with Crippen LogP contribution in [0.2, 0.25) is 0 Å². The van der Waals surface area contributed by atoms with Crippen LogP contribution in [-0.4, -0.2) is 229 Å². The molecule has 1 saturated heterocycles. The Labute approximate surface area is 661 Å². The summed E-state index contributed by atoms with van der Waals surface area (Å²) in [7, 11) is 0. The first-order valence-corrected chi connectivity index (χ1v) is 38.6. The second-order valence-electron chi connectivity index (χ2n) is 28.2. The number of rotatable bonds is 28. The predicted octanol–water partition coefficient (Wildman–Crippen LogP) is -5.71. The van der Waals surface area contributed by atoms with Crippen LogP contribution in [0, 0.1) is 11.8 Å². The van der Waals surface area contributed by atoms with Gasteiger partial charge >= 0.3 is 5.97 Å². The van der Waals surface area contributed by atoms with Crippen molar-refractivity contribution in [3.8, 4) is 0 Å². The number of carboxylic acid groups (broad SMARTS) is 1. The fourth-order valence-electron chi connectivity index (χ4n) is 11.7. The van der Waals surface area contributed by atoms with Gasteiger partial charge in [-0.15, -0.1) is 11.8 Å². The molecule has 0 aliphatic carbocycles. The van der Waals surface area contributed by atoms with Gasteiger partial charge in [-0.1, -0.05) is 125 Å². The molecule has 1 heterocycles. The molecular weight excluding hydrogens is 1480 g/mol. The van der Waals surface area contributed by atoms with Gasteiger partial charge in [0.2, 0.25) is 70.9 Å². The summed E-state index contributed by atoms with van der Waals surface area (Å²) < 4.78 is 0. The summed E-state index contributed by atoms with van der Waals surface area (Å²) in [6, 6.07) is 10.1. The first-order valence-electron chi connectivity index (χ1n) is 37.4. The highest BCUT2D eigenvalue weighted by Gasteiger charge is 2.39. The average Bonchev–Trinajstić information content (AvgIpc) is 0.851. The maximum absolute atomic E-state index is 14.9. The number of carboxylic acids is 1. The number of guanidine groups is 2. The van der Waals surface area contributed by atoms with Crippen LogP contribution in [0.1, 0.15) is 110 Å². The number of aliphatic imine (C=N–C) groups is 2. The number of aliphatic carboxylic acids is 1. The number of thioether (sulfide) groups is 1. The van der Waals surface area contributed by atoms with E-state index in [1.807, 2.05) is 6.92 Å². The lowest BCUT2D eigenvalue weighted by atomic mass is 9.95. The molecule has 12 amide bonds. The number of primary amides is 1. The third kappa shape index (κ3) is 36.0.